The molecule has 4 amide bonds. The highest BCUT2D eigenvalue weighted by Gasteiger charge is 2.37. The molecule has 5 N–H and O–H groups in total. The van der Waals surface area contributed by atoms with Crippen LogP contribution in [0.15, 0.2) is 44.3 Å². The average Bonchev–Trinajstić information content (AvgIpc) is 3.97. The topological polar surface area (TPSA) is 264 Å². The van der Waals surface area contributed by atoms with Crippen molar-refractivity contribution in [3.63, 3.8) is 0 Å². The summed E-state index contributed by atoms with van der Waals surface area (Å²) in [6, 6.07) is 3.09. The third-order valence-electron chi connectivity index (χ3n) is 10.4. The van der Waals surface area contributed by atoms with Crippen LogP contribution < -0.4 is 26.3 Å². The quantitative estimate of drug-likeness (QED) is 0.0556. The highest BCUT2D eigenvalue weighted by Crippen LogP contribution is 2.37. The summed E-state index contributed by atoms with van der Waals surface area (Å²) in [6.07, 6.45) is 6.36. The fourth-order valence-corrected chi connectivity index (χ4v) is 8.24. The molecule has 6 rings (SSSR count). The Kier molecular flexibility index (Phi) is 13.4. The minimum Gasteiger partial charge on any atom is -0.491 e. The number of benzene rings is 1. The number of amides is 4. The number of nitrogens with two attached hydrogens (primary N) is 2. The van der Waals surface area contributed by atoms with Gasteiger partial charge in [0.1, 0.15) is 17.0 Å². The van der Waals surface area contributed by atoms with Gasteiger partial charge < -0.3 is 34.0 Å². The first kappa shape index (κ1) is 45.2. The van der Waals surface area contributed by atoms with Crippen LogP contribution in [0.5, 0.6) is 5.75 Å². The maximum atomic E-state index is 13.7. The molecule has 5 heterocycles. The van der Waals surface area contributed by atoms with E-state index in [1.54, 1.807) is 35.1 Å². The summed E-state index contributed by atoms with van der Waals surface area (Å²) in [5.41, 5.74) is 13.5. The van der Waals surface area contributed by atoms with Crippen LogP contribution in [0.1, 0.15) is 106 Å². The number of oxazole rings is 2. The van der Waals surface area contributed by atoms with Crippen LogP contribution >= 0.6 is 11.3 Å². The normalized spacial score (nSPS) is 12.6. The van der Waals surface area contributed by atoms with Crippen molar-refractivity contribution >= 4 is 70.7 Å². The van der Waals surface area contributed by atoms with Crippen LogP contribution in [0.4, 0.5) is 5.95 Å². The predicted octanol–water partition coefficient (Wildman–Crippen LogP) is 5.80. The smallest absolute Gasteiger partial charge is 0.317 e. The number of carbonyl (C=O) groups excluding carboxylic acids is 4. The lowest BCUT2D eigenvalue weighted by atomic mass is 10.1. The van der Waals surface area contributed by atoms with E-state index >= 15 is 0 Å². The van der Waals surface area contributed by atoms with Crippen molar-refractivity contribution in [1.29, 1.82) is 0 Å². The molecule has 0 aliphatic rings. The fraction of sp³-hybridized carbons (Fsp3) is 0.415. The Balaban J connectivity index is 1.38. The van der Waals surface area contributed by atoms with Gasteiger partial charge in [0.25, 0.3) is 11.8 Å². The summed E-state index contributed by atoms with van der Waals surface area (Å²) >= 11 is 1.05. The number of ether oxygens (including phenoxy) is 1. The molecule has 0 bridgehead atoms. The van der Waals surface area contributed by atoms with Gasteiger partial charge in [-0.15, -0.1) is 0 Å². The molecule has 6 aromatic rings. The van der Waals surface area contributed by atoms with E-state index in [0.717, 1.165) is 11.3 Å². The number of imidazole rings is 1. The van der Waals surface area contributed by atoms with Crippen LogP contribution in [0.3, 0.4) is 0 Å². The monoisotopic (exact) mass is 885 g/mol. The second-order valence-electron chi connectivity index (χ2n) is 15.9. The molecule has 0 saturated heterocycles. The van der Waals surface area contributed by atoms with Gasteiger partial charge in [0.15, 0.2) is 35.4 Å². The molecular weight excluding hydrogens is 835 g/mol. The van der Waals surface area contributed by atoms with Crippen LogP contribution in [0, 0.1) is 13.8 Å². The Morgan fingerprint density at radius 1 is 0.903 bits per heavy atom. The Morgan fingerprint density at radius 3 is 2.18 bits per heavy atom. The number of nitrogens with one attached hydrogen (secondary N) is 1. The molecule has 0 aliphatic heterocycles. The summed E-state index contributed by atoms with van der Waals surface area (Å²) in [5, 5.41) is 2.91. The molecule has 1 aromatic carbocycles. The van der Waals surface area contributed by atoms with Gasteiger partial charge in [-0.2, -0.15) is 4.99 Å². The number of nitrogens with zero attached hydrogens (tertiary/aromatic N) is 8. The number of aryl methyl sites for hydroxylation is 4. The molecule has 62 heavy (non-hydrogen) atoms. The van der Waals surface area contributed by atoms with E-state index in [9.17, 15) is 19.2 Å². The first-order valence-electron chi connectivity index (χ1n) is 20.1. The zero-order valence-electron chi connectivity index (χ0n) is 36.2. The Bertz CT molecular complexity index is 2790. The standard InChI is InChI=1S/C41H51N11O8SSi/c1-10-25-31(59-22(3)45-25)36(55)49-39-48-27-19-24(33(42)53)20-29(57-17-14-18-58-62(8,9)41(5,6)7)30(27)51(39)15-12-13-16-52-35-38(47-28(21-44-35)34(43)54)61-40(52)50-37(56)32-26(11-2)46-23(4)60-32/h12-13,19-21H,10-11,14-18H2,1-9H3,(H2,42,53)(H2,43,54)(H,48,49,55)/b13-12+,50-40?. The molecular formula is C41H51N11O8SSi. The van der Waals surface area contributed by atoms with E-state index in [1.807, 2.05) is 19.9 Å². The Hall–Kier alpha value is -6.32. The van der Waals surface area contributed by atoms with Crippen molar-refractivity contribution in [3.8, 4) is 5.75 Å². The SMILES string of the molecule is CCc1nc(C)oc1C(=O)N=c1sc2nc(C(N)=O)cnc2n1C/C=C/Cn1c(NC(=O)c2oc(C)nc2CC)nc2cc(C(N)=O)cc(OCCCO[Si](C)(C)C(C)(C)C)c21. The van der Waals surface area contributed by atoms with Crippen molar-refractivity contribution in [2.24, 2.45) is 16.5 Å². The van der Waals surface area contributed by atoms with E-state index < -0.39 is 31.9 Å². The van der Waals surface area contributed by atoms with Gasteiger partial charge in [0, 0.05) is 45.5 Å². The zero-order chi connectivity index (χ0) is 45.1. The predicted molar refractivity (Wildman–Crippen MR) is 234 cm³/mol. The zero-order valence-corrected chi connectivity index (χ0v) is 38.1. The van der Waals surface area contributed by atoms with Crippen LogP contribution in [-0.4, -0.2) is 79.2 Å². The second-order valence-corrected chi connectivity index (χ2v) is 21.6. The maximum absolute atomic E-state index is 13.7. The van der Waals surface area contributed by atoms with Crippen molar-refractivity contribution in [1.82, 2.24) is 34.1 Å². The average molecular weight is 886 g/mol. The molecule has 328 valence electrons. The lowest BCUT2D eigenvalue weighted by Gasteiger charge is -2.36. The van der Waals surface area contributed by atoms with E-state index in [1.165, 1.54) is 12.3 Å². The summed E-state index contributed by atoms with van der Waals surface area (Å²) in [7, 11) is -2.00. The molecule has 0 aliphatic carbocycles. The number of primary amides is 2. The summed E-state index contributed by atoms with van der Waals surface area (Å²) in [5.74, 6) is -1.45. The van der Waals surface area contributed by atoms with Crippen LogP contribution in [0.2, 0.25) is 18.1 Å². The minimum atomic E-state index is -2.00. The number of carbonyl (C=O) groups is 4. The van der Waals surface area contributed by atoms with E-state index in [2.05, 4.69) is 64.1 Å². The van der Waals surface area contributed by atoms with E-state index in [4.69, 9.17) is 34.4 Å². The van der Waals surface area contributed by atoms with Gasteiger partial charge in [-0.3, -0.25) is 29.1 Å². The van der Waals surface area contributed by atoms with Crippen molar-refractivity contribution in [3.05, 3.63) is 81.2 Å². The molecule has 0 spiro atoms. The van der Waals surface area contributed by atoms with Crippen LogP contribution in [-0.2, 0) is 30.4 Å². The number of aromatic nitrogens is 7. The third-order valence-corrected chi connectivity index (χ3v) is 15.9. The molecule has 5 aromatic heterocycles. The van der Waals surface area contributed by atoms with Gasteiger partial charge in [0.05, 0.1) is 29.7 Å². The van der Waals surface area contributed by atoms with E-state index in [0.29, 0.717) is 76.3 Å². The number of thiazole rings is 1. The van der Waals surface area contributed by atoms with Gasteiger partial charge >= 0.3 is 5.91 Å². The Morgan fingerprint density at radius 2 is 1.55 bits per heavy atom. The van der Waals surface area contributed by atoms with Crippen molar-refractivity contribution < 1.29 is 37.2 Å². The maximum Gasteiger partial charge on any atom is 0.317 e. The number of rotatable bonds is 17. The number of anilines is 1. The molecule has 21 heteroatoms. The first-order valence-corrected chi connectivity index (χ1v) is 23.8. The van der Waals surface area contributed by atoms with Crippen molar-refractivity contribution in [2.45, 2.75) is 99.0 Å². The molecule has 0 saturated carbocycles. The largest absolute Gasteiger partial charge is 0.491 e. The molecule has 0 unspecified atom stereocenters. The number of allylic oxidation sites excluding steroid dienone is 2. The molecule has 0 radical (unpaired) electrons. The second kappa shape index (κ2) is 18.3. The highest BCUT2D eigenvalue weighted by atomic mass is 32.1. The fourth-order valence-electron chi connectivity index (χ4n) is 6.18. The third kappa shape index (κ3) is 9.74. The van der Waals surface area contributed by atoms with Gasteiger partial charge in [-0.1, -0.05) is 58.1 Å². The number of hydrogen-bond acceptors (Lipinski definition) is 14. The summed E-state index contributed by atoms with van der Waals surface area (Å²) < 4.78 is 27.4. The Labute approximate surface area is 361 Å². The summed E-state index contributed by atoms with van der Waals surface area (Å²) in [4.78, 5) is 78.7. The number of hydrogen-bond donors (Lipinski definition) is 3. The molecule has 0 atom stereocenters. The number of fused-ring (bicyclic) bond motifs is 2. The summed E-state index contributed by atoms with van der Waals surface area (Å²) in [6.45, 7) is 18.9. The van der Waals surface area contributed by atoms with Crippen molar-refractivity contribution in [2.75, 3.05) is 18.5 Å². The lowest BCUT2D eigenvalue weighted by molar-refractivity contribution is 0.0965. The van der Waals surface area contributed by atoms with Crippen LogP contribution in [0.25, 0.3) is 21.5 Å². The van der Waals surface area contributed by atoms with Gasteiger partial charge in [-0.05, 0) is 43.1 Å². The lowest BCUT2D eigenvalue weighted by Crippen LogP contribution is -2.41. The molecule has 0 fully saturated rings. The highest BCUT2D eigenvalue weighted by molar-refractivity contribution is 7.15. The van der Waals surface area contributed by atoms with Gasteiger partial charge in [0.2, 0.25) is 23.4 Å². The molecule has 19 nitrogen and oxygen atoms in total. The first-order chi connectivity index (χ1) is 29.3. The minimum absolute atomic E-state index is 0.0250. The van der Waals surface area contributed by atoms with Gasteiger partial charge in [-0.25, -0.2) is 24.9 Å². The van der Waals surface area contributed by atoms with E-state index in [-0.39, 0.29) is 58.3 Å².